The third kappa shape index (κ3) is 2.44. The number of carbonyl (C=O) groups excluding carboxylic acids is 2. The molecule has 4 nitrogen and oxygen atoms in total. The number of hydrogen-bond donors (Lipinski definition) is 1. The molecule has 1 saturated heterocycles. The molecule has 0 saturated carbocycles. The molecule has 0 bridgehead atoms. The average molecular weight is 210 g/mol. The molecule has 14 heavy (non-hydrogen) atoms. The monoisotopic (exact) mass is 210 g/mol. The highest BCUT2D eigenvalue weighted by molar-refractivity contribution is 6.38. The van der Waals surface area contributed by atoms with Crippen molar-refractivity contribution in [1.29, 1.82) is 0 Å². The number of carbonyl (C=O) groups is 2. The Balaban J connectivity index is 2.60. The van der Waals surface area contributed by atoms with E-state index in [1.807, 2.05) is 0 Å². The first kappa shape index (κ1) is 11.0. The lowest BCUT2D eigenvalue weighted by atomic mass is 10.3. The fraction of sp³-hybridized carbons (Fsp3) is 0.714. The molecule has 80 valence electrons. The second-order valence-electron chi connectivity index (χ2n) is 2.87. The van der Waals surface area contributed by atoms with Crippen LogP contribution in [0.4, 0.5) is 13.2 Å². The molecule has 1 heterocycles. The quantitative estimate of drug-likeness (QED) is 0.596. The third-order valence-corrected chi connectivity index (χ3v) is 1.86. The SMILES string of the molecule is O=C(C(=O)C(F)(F)F)N1CCNCC1. The van der Waals surface area contributed by atoms with Crippen molar-refractivity contribution < 1.29 is 22.8 Å². The van der Waals surface area contributed by atoms with Crippen molar-refractivity contribution in [3.05, 3.63) is 0 Å². The van der Waals surface area contributed by atoms with Gasteiger partial charge in [-0.05, 0) is 0 Å². The van der Waals surface area contributed by atoms with Gasteiger partial charge in [0, 0.05) is 26.2 Å². The summed E-state index contributed by atoms with van der Waals surface area (Å²) in [5, 5.41) is 2.86. The Labute approximate surface area is 78.1 Å². The third-order valence-electron chi connectivity index (χ3n) is 1.86. The Bertz CT molecular complexity index is 246. The molecule has 0 spiro atoms. The molecule has 1 rings (SSSR count). The summed E-state index contributed by atoms with van der Waals surface area (Å²) in [5.74, 6) is -3.75. The molecular formula is C7H9F3N2O2. The number of hydrogen-bond acceptors (Lipinski definition) is 3. The fourth-order valence-corrected chi connectivity index (χ4v) is 1.13. The molecule has 7 heteroatoms. The maximum Gasteiger partial charge on any atom is 0.460 e. The smallest absolute Gasteiger partial charge is 0.333 e. The molecule has 0 aromatic carbocycles. The number of halogens is 3. The zero-order chi connectivity index (χ0) is 10.8. The van der Waals surface area contributed by atoms with Crippen LogP contribution in [0.3, 0.4) is 0 Å². The Morgan fingerprint density at radius 3 is 2.07 bits per heavy atom. The highest BCUT2D eigenvalue weighted by Crippen LogP contribution is 2.17. The first-order valence-corrected chi connectivity index (χ1v) is 4.04. The predicted molar refractivity (Wildman–Crippen MR) is 40.5 cm³/mol. The van der Waals surface area contributed by atoms with E-state index in [1.54, 1.807) is 0 Å². The number of amides is 1. The van der Waals surface area contributed by atoms with Crippen molar-refractivity contribution in [3.8, 4) is 0 Å². The minimum atomic E-state index is -5.07. The second kappa shape index (κ2) is 3.95. The van der Waals surface area contributed by atoms with Gasteiger partial charge in [0.25, 0.3) is 5.91 Å². The van der Waals surface area contributed by atoms with Gasteiger partial charge in [-0.2, -0.15) is 13.2 Å². The van der Waals surface area contributed by atoms with Crippen molar-refractivity contribution in [3.63, 3.8) is 0 Å². The van der Waals surface area contributed by atoms with E-state index >= 15 is 0 Å². The minimum Gasteiger partial charge on any atom is -0.333 e. The maximum absolute atomic E-state index is 11.8. The maximum atomic E-state index is 11.8. The standard InChI is InChI=1S/C7H9F3N2O2/c8-7(9,10)5(13)6(14)12-3-1-11-2-4-12/h11H,1-4H2. The Morgan fingerprint density at radius 1 is 1.14 bits per heavy atom. The van der Waals surface area contributed by atoms with Gasteiger partial charge in [0.2, 0.25) is 0 Å². The van der Waals surface area contributed by atoms with Crippen LogP contribution in [-0.4, -0.2) is 48.9 Å². The van der Waals surface area contributed by atoms with Gasteiger partial charge in [-0.3, -0.25) is 9.59 Å². The molecule has 1 N–H and O–H groups in total. The summed E-state index contributed by atoms with van der Waals surface area (Å²) in [7, 11) is 0. The predicted octanol–water partition coefficient (Wildman–Crippen LogP) is -0.450. The number of alkyl halides is 3. The van der Waals surface area contributed by atoms with E-state index in [1.165, 1.54) is 0 Å². The zero-order valence-corrected chi connectivity index (χ0v) is 7.23. The number of Topliss-reactive ketones (excluding diaryl/α,β-unsaturated/α-hetero) is 1. The summed E-state index contributed by atoms with van der Waals surface area (Å²) >= 11 is 0. The topological polar surface area (TPSA) is 49.4 Å². The molecule has 0 aromatic rings. The molecule has 0 atom stereocenters. The molecule has 0 aromatic heterocycles. The summed E-state index contributed by atoms with van der Waals surface area (Å²) in [6.45, 7) is 1.11. The molecule has 1 aliphatic rings. The van der Waals surface area contributed by atoms with Crippen LogP contribution >= 0.6 is 0 Å². The molecule has 1 amide bonds. The number of ketones is 1. The summed E-state index contributed by atoms with van der Waals surface area (Å²) in [6.07, 6.45) is -5.07. The van der Waals surface area contributed by atoms with Crippen LogP contribution in [0, 0.1) is 0 Å². The van der Waals surface area contributed by atoms with E-state index in [-0.39, 0.29) is 13.1 Å². The van der Waals surface area contributed by atoms with Crippen LogP contribution in [0.1, 0.15) is 0 Å². The van der Waals surface area contributed by atoms with Crippen LogP contribution in [0.25, 0.3) is 0 Å². The second-order valence-corrected chi connectivity index (χ2v) is 2.87. The summed E-state index contributed by atoms with van der Waals surface area (Å²) < 4.78 is 35.5. The number of piperazine rings is 1. The highest BCUT2D eigenvalue weighted by Gasteiger charge is 2.45. The van der Waals surface area contributed by atoms with Crippen molar-refractivity contribution in [1.82, 2.24) is 10.2 Å². The molecule has 0 radical (unpaired) electrons. The van der Waals surface area contributed by atoms with Gasteiger partial charge in [-0.1, -0.05) is 0 Å². The van der Waals surface area contributed by atoms with Crippen molar-refractivity contribution >= 4 is 11.7 Å². The lowest BCUT2D eigenvalue weighted by molar-refractivity contribution is -0.178. The number of nitrogens with one attached hydrogen (secondary N) is 1. The fourth-order valence-electron chi connectivity index (χ4n) is 1.13. The Kier molecular flexibility index (Phi) is 3.10. The van der Waals surface area contributed by atoms with Gasteiger partial charge in [-0.15, -0.1) is 0 Å². The van der Waals surface area contributed by atoms with Crippen LogP contribution in [0.5, 0.6) is 0 Å². The lowest BCUT2D eigenvalue weighted by Crippen LogP contribution is -2.51. The van der Waals surface area contributed by atoms with Crippen LogP contribution in [-0.2, 0) is 9.59 Å². The van der Waals surface area contributed by atoms with Gasteiger partial charge < -0.3 is 10.2 Å². The van der Waals surface area contributed by atoms with Crippen LogP contribution < -0.4 is 5.32 Å². The van der Waals surface area contributed by atoms with E-state index in [2.05, 4.69) is 5.32 Å². The van der Waals surface area contributed by atoms with Gasteiger partial charge in [0.15, 0.2) is 0 Å². The van der Waals surface area contributed by atoms with Crippen molar-refractivity contribution in [2.45, 2.75) is 6.18 Å². The van der Waals surface area contributed by atoms with Gasteiger partial charge in [0.05, 0.1) is 0 Å². The van der Waals surface area contributed by atoms with Gasteiger partial charge in [-0.25, -0.2) is 0 Å². The van der Waals surface area contributed by atoms with Crippen LogP contribution in [0.2, 0.25) is 0 Å². The molecular weight excluding hydrogens is 201 g/mol. The minimum absolute atomic E-state index is 0.140. The summed E-state index contributed by atoms with van der Waals surface area (Å²) in [4.78, 5) is 22.4. The van der Waals surface area contributed by atoms with Gasteiger partial charge in [0.1, 0.15) is 0 Å². The average Bonchev–Trinajstić information content (AvgIpc) is 2.15. The van der Waals surface area contributed by atoms with E-state index in [0.717, 1.165) is 4.90 Å². The van der Waals surface area contributed by atoms with E-state index < -0.39 is 17.9 Å². The number of nitrogens with zero attached hydrogens (tertiary/aromatic N) is 1. The van der Waals surface area contributed by atoms with E-state index in [0.29, 0.717) is 13.1 Å². The largest absolute Gasteiger partial charge is 0.460 e. The van der Waals surface area contributed by atoms with Crippen LogP contribution in [0.15, 0.2) is 0 Å². The molecule has 0 unspecified atom stereocenters. The lowest BCUT2D eigenvalue weighted by Gasteiger charge is -2.26. The molecule has 0 aliphatic carbocycles. The van der Waals surface area contributed by atoms with Crippen molar-refractivity contribution in [2.24, 2.45) is 0 Å². The first-order valence-electron chi connectivity index (χ1n) is 4.04. The normalized spacial score (nSPS) is 18.1. The molecule has 1 fully saturated rings. The van der Waals surface area contributed by atoms with E-state index in [4.69, 9.17) is 0 Å². The summed E-state index contributed by atoms with van der Waals surface area (Å²) in [6, 6.07) is 0. The zero-order valence-electron chi connectivity index (χ0n) is 7.23. The Morgan fingerprint density at radius 2 is 1.64 bits per heavy atom. The Hall–Kier alpha value is -1.11. The van der Waals surface area contributed by atoms with Crippen molar-refractivity contribution in [2.75, 3.05) is 26.2 Å². The highest BCUT2D eigenvalue weighted by atomic mass is 19.4. The molecule has 1 aliphatic heterocycles. The number of rotatable bonds is 1. The van der Waals surface area contributed by atoms with E-state index in [9.17, 15) is 22.8 Å². The summed E-state index contributed by atoms with van der Waals surface area (Å²) in [5.41, 5.74) is 0. The first-order chi connectivity index (χ1) is 6.43. The van der Waals surface area contributed by atoms with Gasteiger partial charge >= 0.3 is 12.0 Å².